The minimum absolute atomic E-state index is 0.0972. The van der Waals surface area contributed by atoms with Crippen molar-refractivity contribution in [2.75, 3.05) is 6.26 Å². The van der Waals surface area contributed by atoms with Gasteiger partial charge in [0, 0.05) is 17.8 Å². The maximum absolute atomic E-state index is 13.5. The summed E-state index contributed by atoms with van der Waals surface area (Å²) in [5.74, 6) is 0. The monoisotopic (exact) mass is 441 g/mol. The summed E-state index contributed by atoms with van der Waals surface area (Å²) in [5.41, 5.74) is 2.73. The lowest BCUT2D eigenvalue weighted by Gasteiger charge is -2.15. The van der Waals surface area contributed by atoms with E-state index in [1.165, 1.54) is 18.3 Å². The van der Waals surface area contributed by atoms with E-state index in [2.05, 4.69) is 4.98 Å². The number of sulfone groups is 1. The van der Waals surface area contributed by atoms with E-state index in [-0.39, 0.29) is 10.4 Å². The molecule has 0 atom stereocenters. The van der Waals surface area contributed by atoms with Gasteiger partial charge in [0.05, 0.1) is 16.0 Å². The summed E-state index contributed by atoms with van der Waals surface area (Å²) in [6, 6.07) is 18.0. The molecular formula is C24H18F3NO2S. The minimum atomic E-state index is -4.51. The van der Waals surface area contributed by atoms with Crippen molar-refractivity contribution >= 4 is 20.7 Å². The molecule has 0 saturated carbocycles. The number of halogens is 3. The van der Waals surface area contributed by atoms with E-state index < -0.39 is 21.6 Å². The molecule has 0 aliphatic heterocycles. The highest BCUT2D eigenvalue weighted by Gasteiger charge is 2.33. The van der Waals surface area contributed by atoms with Crippen LogP contribution in [-0.4, -0.2) is 19.7 Å². The number of fused-ring (bicyclic) bond motifs is 1. The fourth-order valence-corrected chi connectivity index (χ4v) is 4.36. The molecule has 4 aromatic rings. The lowest BCUT2D eigenvalue weighted by Crippen LogP contribution is -2.07. The van der Waals surface area contributed by atoms with Crippen LogP contribution in [-0.2, 0) is 16.0 Å². The Bertz CT molecular complexity index is 1410. The number of hydrogen-bond acceptors (Lipinski definition) is 3. The molecule has 0 spiro atoms. The van der Waals surface area contributed by atoms with Crippen LogP contribution < -0.4 is 0 Å². The van der Waals surface area contributed by atoms with Crippen molar-refractivity contribution in [3.05, 3.63) is 84.1 Å². The van der Waals surface area contributed by atoms with Crippen molar-refractivity contribution in [3.8, 4) is 22.3 Å². The number of aromatic nitrogens is 1. The first-order chi connectivity index (χ1) is 14.6. The van der Waals surface area contributed by atoms with Crippen LogP contribution in [0.5, 0.6) is 0 Å². The number of benzene rings is 3. The number of aryl methyl sites for hydroxylation is 1. The summed E-state index contributed by atoms with van der Waals surface area (Å²) in [4.78, 5) is 4.27. The second-order valence-electron chi connectivity index (χ2n) is 7.40. The van der Waals surface area contributed by atoms with Crippen LogP contribution in [0.25, 0.3) is 33.2 Å². The van der Waals surface area contributed by atoms with Crippen molar-refractivity contribution in [1.29, 1.82) is 0 Å². The molecule has 31 heavy (non-hydrogen) atoms. The van der Waals surface area contributed by atoms with Crippen molar-refractivity contribution in [1.82, 2.24) is 4.98 Å². The Morgan fingerprint density at radius 3 is 2.13 bits per heavy atom. The highest BCUT2D eigenvalue weighted by molar-refractivity contribution is 7.90. The average Bonchev–Trinajstić information content (AvgIpc) is 2.72. The Morgan fingerprint density at radius 2 is 1.45 bits per heavy atom. The number of pyridine rings is 1. The normalized spacial score (nSPS) is 12.3. The standard InChI is InChI=1S/C24H18F3NO2S/c1-15-14-28-23-20(10-5-11-21(23)24(25,26)27)22(15)18-8-3-6-16(12-18)17-7-4-9-19(13-17)31(2,29)30/h3-14H,1-2H3. The van der Waals surface area contributed by atoms with Crippen molar-refractivity contribution in [2.24, 2.45) is 0 Å². The van der Waals surface area contributed by atoms with E-state index in [1.807, 2.05) is 18.2 Å². The summed E-state index contributed by atoms with van der Waals surface area (Å²) in [6.07, 6.45) is -1.91. The molecule has 0 aliphatic rings. The number of para-hydroxylation sites is 1. The first kappa shape index (κ1) is 21.1. The van der Waals surface area contributed by atoms with Gasteiger partial charge >= 0.3 is 6.18 Å². The molecule has 0 radical (unpaired) electrons. The highest BCUT2D eigenvalue weighted by atomic mass is 32.2. The predicted octanol–water partition coefficient (Wildman–Crippen LogP) is 6.30. The van der Waals surface area contributed by atoms with Gasteiger partial charge in [-0.2, -0.15) is 13.2 Å². The van der Waals surface area contributed by atoms with Crippen LogP contribution in [0.1, 0.15) is 11.1 Å². The second kappa shape index (κ2) is 7.50. The lowest BCUT2D eigenvalue weighted by atomic mass is 9.93. The molecule has 1 heterocycles. The molecule has 0 bridgehead atoms. The van der Waals surface area contributed by atoms with E-state index in [1.54, 1.807) is 37.3 Å². The third kappa shape index (κ3) is 4.05. The fourth-order valence-electron chi connectivity index (χ4n) is 3.70. The molecule has 4 rings (SSSR count). The first-order valence-corrected chi connectivity index (χ1v) is 11.3. The molecular weight excluding hydrogens is 423 g/mol. The minimum Gasteiger partial charge on any atom is -0.255 e. The summed E-state index contributed by atoms with van der Waals surface area (Å²) in [7, 11) is -3.36. The van der Waals surface area contributed by atoms with Gasteiger partial charge in [-0.3, -0.25) is 4.98 Å². The third-order valence-electron chi connectivity index (χ3n) is 5.14. The number of rotatable bonds is 3. The van der Waals surface area contributed by atoms with Gasteiger partial charge in [-0.1, -0.05) is 42.5 Å². The topological polar surface area (TPSA) is 47.0 Å². The Labute approximate surface area is 178 Å². The number of hydrogen-bond donors (Lipinski definition) is 0. The molecule has 7 heteroatoms. The quantitative estimate of drug-likeness (QED) is 0.375. The van der Waals surface area contributed by atoms with Crippen molar-refractivity contribution in [3.63, 3.8) is 0 Å². The smallest absolute Gasteiger partial charge is 0.255 e. The molecule has 158 valence electrons. The van der Waals surface area contributed by atoms with Gasteiger partial charge in [-0.05, 0) is 59.0 Å². The third-order valence-corrected chi connectivity index (χ3v) is 6.25. The van der Waals surface area contributed by atoms with Gasteiger partial charge < -0.3 is 0 Å². The Kier molecular flexibility index (Phi) is 5.09. The molecule has 0 aliphatic carbocycles. The molecule has 3 nitrogen and oxygen atoms in total. The molecule has 0 fully saturated rings. The Morgan fingerprint density at radius 1 is 0.839 bits per heavy atom. The van der Waals surface area contributed by atoms with Crippen LogP contribution in [0.3, 0.4) is 0 Å². The van der Waals surface area contributed by atoms with E-state index in [4.69, 9.17) is 0 Å². The fraction of sp³-hybridized carbons (Fsp3) is 0.125. The summed E-state index contributed by atoms with van der Waals surface area (Å²) in [5, 5.41) is 0.414. The van der Waals surface area contributed by atoms with E-state index in [9.17, 15) is 21.6 Å². The largest absolute Gasteiger partial charge is 0.418 e. The van der Waals surface area contributed by atoms with Crippen LogP contribution >= 0.6 is 0 Å². The summed E-state index contributed by atoms with van der Waals surface area (Å²) < 4.78 is 64.3. The number of alkyl halides is 3. The van der Waals surface area contributed by atoms with Crippen LogP contribution in [0.2, 0.25) is 0 Å². The van der Waals surface area contributed by atoms with E-state index in [0.29, 0.717) is 16.5 Å². The highest BCUT2D eigenvalue weighted by Crippen LogP contribution is 2.39. The molecule has 0 unspecified atom stereocenters. The van der Waals surface area contributed by atoms with Gasteiger partial charge in [0.1, 0.15) is 0 Å². The van der Waals surface area contributed by atoms with Gasteiger partial charge in [0.2, 0.25) is 0 Å². The predicted molar refractivity (Wildman–Crippen MR) is 115 cm³/mol. The zero-order valence-electron chi connectivity index (χ0n) is 16.7. The molecule has 3 aromatic carbocycles. The zero-order valence-corrected chi connectivity index (χ0v) is 17.6. The molecule has 0 amide bonds. The van der Waals surface area contributed by atoms with Crippen molar-refractivity contribution < 1.29 is 21.6 Å². The molecule has 0 N–H and O–H groups in total. The van der Waals surface area contributed by atoms with Gasteiger partial charge in [0.15, 0.2) is 9.84 Å². The van der Waals surface area contributed by atoms with Gasteiger partial charge in [-0.25, -0.2) is 8.42 Å². The van der Waals surface area contributed by atoms with Crippen molar-refractivity contribution in [2.45, 2.75) is 18.0 Å². The maximum Gasteiger partial charge on any atom is 0.418 e. The zero-order chi connectivity index (χ0) is 22.4. The van der Waals surface area contributed by atoms with Gasteiger partial charge in [0.25, 0.3) is 0 Å². The average molecular weight is 441 g/mol. The molecule has 1 aromatic heterocycles. The maximum atomic E-state index is 13.5. The second-order valence-corrected chi connectivity index (χ2v) is 9.41. The summed E-state index contributed by atoms with van der Waals surface area (Å²) >= 11 is 0. The Hall–Kier alpha value is -3.19. The van der Waals surface area contributed by atoms with Crippen LogP contribution in [0.15, 0.2) is 77.8 Å². The SMILES string of the molecule is Cc1cnc2c(C(F)(F)F)cccc2c1-c1cccc(-c2cccc(S(C)(=O)=O)c2)c1. The summed E-state index contributed by atoms with van der Waals surface area (Å²) in [6.45, 7) is 1.80. The van der Waals surface area contributed by atoms with Crippen LogP contribution in [0, 0.1) is 6.92 Å². The van der Waals surface area contributed by atoms with Crippen LogP contribution in [0.4, 0.5) is 13.2 Å². The first-order valence-electron chi connectivity index (χ1n) is 9.42. The van der Waals surface area contributed by atoms with Gasteiger partial charge in [-0.15, -0.1) is 0 Å². The Balaban J connectivity index is 1.92. The number of nitrogens with zero attached hydrogens (tertiary/aromatic N) is 1. The molecule has 0 saturated heterocycles. The van der Waals surface area contributed by atoms with E-state index >= 15 is 0 Å². The van der Waals surface area contributed by atoms with E-state index in [0.717, 1.165) is 29.0 Å². The lowest BCUT2D eigenvalue weighted by molar-refractivity contribution is -0.136.